The zero-order valence-corrected chi connectivity index (χ0v) is 51.3. The molecule has 0 aliphatic carbocycles. The van der Waals surface area contributed by atoms with Gasteiger partial charge in [0.15, 0.2) is 6.10 Å². The van der Waals surface area contributed by atoms with Crippen molar-refractivity contribution in [1.29, 1.82) is 0 Å². The first-order valence-electron chi connectivity index (χ1n) is 32.7. The first-order chi connectivity index (χ1) is 39.0. The fourth-order valence-electron chi connectivity index (χ4n) is 8.76. The van der Waals surface area contributed by atoms with Crippen molar-refractivity contribution < 1.29 is 28.6 Å². The summed E-state index contributed by atoms with van der Waals surface area (Å²) in [6.45, 7) is 6.45. The maximum absolute atomic E-state index is 12.9. The second-order valence-electron chi connectivity index (χ2n) is 21.3. The van der Waals surface area contributed by atoms with Crippen LogP contribution in [-0.2, 0) is 28.6 Å². The highest BCUT2D eigenvalue weighted by Crippen LogP contribution is 2.15. The highest BCUT2D eigenvalue weighted by Gasteiger charge is 2.19. The Morgan fingerprint density at radius 3 is 0.810 bits per heavy atom. The summed E-state index contributed by atoms with van der Waals surface area (Å²) < 4.78 is 16.8. The Hall–Kier alpha value is -4.45. The Kier molecular flexibility index (Phi) is 62.3. The summed E-state index contributed by atoms with van der Waals surface area (Å²) in [6.07, 6.45) is 93.5. The van der Waals surface area contributed by atoms with Gasteiger partial charge in [-0.15, -0.1) is 0 Å². The smallest absolute Gasteiger partial charge is 0.306 e. The molecule has 0 aliphatic rings. The molecular weight excluding hydrogens is 973 g/mol. The molecule has 0 heterocycles. The summed E-state index contributed by atoms with van der Waals surface area (Å²) in [7, 11) is 0. The van der Waals surface area contributed by atoms with Crippen molar-refractivity contribution in [2.24, 2.45) is 0 Å². The number of esters is 3. The third kappa shape index (κ3) is 64.3. The molecule has 1 unspecified atom stereocenters. The average molecular weight is 1090 g/mol. The maximum Gasteiger partial charge on any atom is 0.306 e. The van der Waals surface area contributed by atoms with Gasteiger partial charge in [0.05, 0.1) is 0 Å². The number of carbonyl (C=O) groups excluding carboxylic acids is 3. The standard InChI is InChI=1S/C73H120O6/c1-4-7-10-13-16-18-20-22-24-26-28-30-31-32-33-34-35-36-37-38-39-40-41-43-44-46-48-50-52-54-57-60-63-66-72(75)78-69-70(68-77-71(74)65-62-59-56-15-12-9-6-3)79-73(76)67-64-61-58-55-53-51-49-47-45-42-29-27-25-23-21-19-17-14-11-8-5-2/h7,10,16,18,22,24,27-30,32-33,35-36,38-39,41,43,46,48,52,54,70H,4-6,8-9,11-15,17,19-21,23,25-26,31,34,37,40,42,44-45,47,49-51,53,55-69H2,1-3H3/b10-7-,18-16-,24-22-,29-27-,30-28-,33-32-,36-35-,39-38-,43-41-,48-46-,54-52-. The molecule has 0 saturated carbocycles. The van der Waals surface area contributed by atoms with Crippen LogP contribution in [0.3, 0.4) is 0 Å². The lowest BCUT2D eigenvalue weighted by Crippen LogP contribution is -2.30. The van der Waals surface area contributed by atoms with E-state index in [9.17, 15) is 14.4 Å². The number of hydrogen-bond acceptors (Lipinski definition) is 6. The lowest BCUT2D eigenvalue weighted by Gasteiger charge is -2.18. The molecule has 1 atom stereocenters. The van der Waals surface area contributed by atoms with Crippen molar-refractivity contribution in [3.63, 3.8) is 0 Å². The van der Waals surface area contributed by atoms with Crippen LogP contribution in [0.2, 0.25) is 0 Å². The van der Waals surface area contributed by atoms with Crippen LogP contribution in [0.5, 0.6) is 0 Å². The molecule has 0 saturated heterocycles. The molecule has 79 heavy (non-hydrogen) atoms. The highest BCUT2D eigenvalue weighted by atomic mass is 16.6. The van der Waals surface area contributed by atoms with Crippen molar-refractivity contribution >= 4 is 17.9 Å². The minimum absolute atomic E-state index is 0.0941. The number of hydrogen-bond donors (Lipinski definition) is 0. The topological polar surface area (TPSA) is 78.9 Å². The number of unbranched alkanes of at least 4 members (excludes halogenated alkanes) is 25. The molecule has 0 aliphatic heterocycles. The fraction of sp³-hybridized carbons (Fsp3) is 0.658. The average Bonchev–Trinajstić information content (AvgIpc) is 3.45. The predicted molar refractivity (Wildman–Crippen MR) is 343 cm³/mol. The molecule has 0 N–H and O–H groups in total. The number of ether oxygens (including phenoxy) is 3. The van der Waals surface area contributed by atoms with E-state index < -0.39 is 6.10 Å². The molecule has 448 valence electrons. The van der Waals surface area contributed by atoms with E-state index in [0.29, 0.717) is 25.7 Å². The maximum atomic E-state index is 12.9. The van der Waals surface area contributed by atoms with E-state index in [2.05, 4.69) is 154 Å². The lowest BCUT2D eigenvalue weighted by atomic mass is 10.1. The molecule has 0 rings (SSSR count). The van der Waals surface area contributed by atoms with E-state index in [1.807, 2.05) is 0 Å². The largest absolute Gasteiger partial charge is 0.462 e. The van der Waals surface area contributed by atoms with Gasteiger partial charge in [0.25, 0.3) is 0 Å². The second kappa shape index (κ2) is 66.1. The summed E-state index contributed by atoms with van der Waals surface area (Å²) >= 11 is 0. The normalized spacial score (nSPS) is 13.0. The van der Waals surface area contributed by atoms with Crippen LogP contribution < -0.4 is 0 Å². The van der Waals surface area contributed by atoms with E-state index in [1.54, 1.807) is 0 Å². The summed E-state index contributed by atoms with van der Waals surface area (Å²) in [5, 5.41) is 0. The van der Waals surface area contributed by atoms with Crippen LogP contribution in [0.25, 0.3) is 0 Å². The summed E-state index contributed by atoms with van der Waals surface area (Å²) in [5.74, 6) is -0.947. The first-order valence-corrected chi connectivity index (χ1v) is 32.7. The number of carbonyl (C=O) groups is 3. The van der Waals surface area contributed by atoms with Gasteiger partial charge in [0.1, 0.15) is 13.2 Å². The molecule has 0 amide bonds. The van der Waals surface area contributed by atoms with Gasteiger partial charge in [-0.05, 0) is 122 Å². The third-order valence-electron chi connectivity index (χ3n) is 13.6. The van der Waals surface area contributed by atoms with E-state index in [1.165, 1.54) is 128 Å². The molecule has 0 aromatic rings. The fourth-order valence-corrected chi connectivity index (χ4v) is 8.76. The Bertz CT molecular complexity index is 1680. The van der Waals surface area contributed by atoms with Crippen molar-refractivity contribution in [3.8, 4) is 0 Å². The van der Waals surface area contributed by atoms with Gasteiger partial charge in [-0.25, -0.2) is 0 Å². The SMILES string of the molecule is CC/C=C\C/C=C\C/C=C\C/C=C\C/C=C\C/C=C\C/C=C\C/C=C\C/C=C\C/C=C\CCCCC(=O)OCC(COC(=O)CCCCCCCCC)OC(=O)CCCCCCCCCCC/C=C\CCCCCCCCCC. The minimum Gasteiger partial charge on any atom is -0.462 e. The predicted octanol–water partition coefficient (Wildman–Crippen LogP) is 22.5. The first kappa shape index (κ1) is 74.5. The highest BCUT2D eigenvalue weighted by molar-refractivity contribution is 5.71. The second-order valence-corrected chi connectivity index (χ2v) is 21.3. The van der Waals surface area contributed by atoms with Crippen LogP contribution in [0.1, 0.15) is 290 Å². The Balaban J connectivity index is 4.24. The lowest BCUT2D eigenvalue weighted by molar-refractivity contribution is -0.167. The zero-order chi connectivity index (χ0) is 57.1. The van der Waals surface area contributed by atoms with Crippen LogP contribution in [0.4, 0.5) is 0 Å². The summed E-state index contributed by atoms with van der Waals surface area (Å²) in [6, 6.07) is 0. The van der Waals surface area contributed by atoms with E-state index in [0.717, 1.165) is 116 Å². The van der Waals surface area contributed by atoms with Crippen LogP contribution >= 0.6 is 0 Å². The molecule has 0 radical (unpaired) electrons. The van der Waals surface area contributed by atoms with Crippen molar-refractivity contribution in [3.05, 3.63) is 134 Å². The monoisotopic (exact) mass is 1090 g/mol. The van der Waals surface area contributed by atoms with Crippen molar-refractivity contribution in [1.82, 2.24) is 0 Å². The van der Waals surface area contributed by atoms with Gasteiger partial charge in [0, 0.05) is 19.3 Å². The Morgan fingerprint density at radius 2 is 0.494 bits per heavy atom. The quantitative estimate of drug-likeness (QED) is 0.0261. The minimum atomic E-state index is -0.798. The van der Waals surface area contributed by atoms with Gasteiger partial charge in [-0.1, -0.05) is 283 Å². The van der Waals surface area contributed by atoms with Crippen LogP contribution in [-0.4, -0.2) is 37.2 Å². The Morgan fingerprint density at radius 1 is 0.266 bits per heavy atom. The van der Waals surface area contributed by atoms with E-state index in [4.69, 9.17) is 14.2 Å². The molecule has 0 spiro atoms. The van der Waals surface area contributed by atoms with Crippen molar-refractivity contribution in [2.45, 2.75) is 297 Å². The molecule has 6 heteroatoms. The Labute approximate surface area is 487 Å². The van der Waals surface area contributed by atoms with Gasteiger partial charge in [0.2, 0.25) is 0 Å². The van der Waals surface area contributed by atoms with E-state index >= 15 is 0 Å². The van der Waals surface area contributed by atoms with Gasteiger partial charge < -0.3 is 14.2 Å². The molecular formula is C73H120O6. The third-order valence-corrected chi connectivity index (χ3v) is 13.6. The molecule has 0 fully saturated rings. The van der Waals surface area contributed by atoms with Crippen molar-refractivity contribution in [2.75, 3.05) is 13.2 Å². The molecule has 6 nitrogen and oxygen atoms in total. The van der Waals surface area contributed by atoms with Crippen LogP contribution in [0, 0.1) is 0 Å². The molecule has 0 aromatic heterocycles. The molecule has 0 aromatic carbocycles. The van der Waals surface area contributed by atoms with Gasteiger partial charge in [-0.3, -0.25) is 14.4 Å². The van der Waals surface area contributed by atoms with E-state index in [-0.39, 0.29) is 31.1 Å². The number of allylic oxidation sites excluding steroid dienone is 22. The van der Waals surface area contributed by atoms with Crippen LogP contribution in [0.15, 0.2) is 134 Å². The van der Waals surface area contributed by atoms with Gasteiger partial charge in [-0.2, -0.15) is 0 Å². The summed E-state index contributed by atoms with van der Waals surface area (Å²) in [4.78, 5) is 38.1. The summed E-state index contributed by atoms with van der Waals surface area (Å²) in [5.41, 5.74) is 0. The molecule has 0 bridgehead atoms. The zero-order valence-electron chi connectivity index (χ0n) is 51.3. The number of rotatable bonds is 58. The van der Waals surface area contributed by atoms with Gasteiger partial charge >= 0.3 is 17.9 Å².